The molecule has 0 saturated carbocycles. The summed E-state index contributed by atoms with van der Waals surface area (Å²) >= 11 is 0. The lowest BCUT2D eigenvalue weighted by Gasteiger charge is -2.20. The molecule has 0 radical (unpaired) electrons. The van der Waals surface area contributed by atoms with E-state index in [9.17, 15) is 23.1 Å². The number of para-hydroxylation sites is 1. The topological polar surface area (TPSA) is 83.3 Å². The summed E-state index contributed by atoms with van der Waals surface area (Å²) in [6.07, 6.45) is -5.04. The van der Waals surface area contributed by atoms with Crippen LogP contribution in [-0.4, -0.2) is 24.0 Å². The molecule has 2 aliphatic heterocycles. The van der Waals surface area contributed by atoms with Crippen LogP contribution in [0, 0.1) is 0 Å². The lowest BCUT2D eigenvalue weighted by atomic mass is 9.85. The predicted octanol–water partition coefficient (Wildman–Crippen LogP) is 2.61. The largest absolute Gasteiger partial charge is 0.574 e. The Morgan fingerprint density at radius 2 is 2.10 bits per heavy atom. The van der Waals surface area contributed by atoms with Crippen molar-refractivity contribution in [2.75, 3.05) is 11.9 Å². The van der Waals surface area contributed by atoms with E-state index in [0.717, 1.165) is 0 Å². The number of carboxylic acid groups (broad SMARTS) is 1. The van der Waals surface area contributed by atoms with Crippen molar-refractivity contribution in [3.05, 3.63) is 41.3 Å². The quantitative estimate of drug-likeness (QED) is 0.879. The lowest BCUT2D eigenvalue weighted by molar-refractivity contribution is -0.306. The number of carbonyl (C=O) groups is 1. The van der Waals surface area contributed by atoms with Crippen molar-refractivity contribution in [1.82, 2.24) is 0 Å². The monoisotopic (exact) mass is 299 g/mol. The third-order valence-corrected chi connectivity index (χ3v) is 3.27. The second-order valence-corrected chi connectivity index (χ2v) is 4.49. The van der Waals surface area contributed by atoms with E-state index in [2.05, 4.69) is 20.3 Å². The molecule has 3 rings (SSSR count). The third kappa shape index (κ3) is 2.01. The van der Waals surface area contributed by atoms with E-state index in [-0.39, 0.29) is 6.54 Å². The van der Waals surface area contributed by atoms with Crippen molar-refractivity contribution in [1.29, 1.82) is 0 Å². The van der Waals surface area contributed by atoms with Gasteiger partial charge in [0.15, 0.2) is 5.54 Å². The van der Waals surface area contributed by atoms with Crippen LogP contribution in [0.1, 0.15) is 5.56 Å². The van der Waals surface area contributed by atoms with Gasteiger partial charge in [-0.25, -0.2) is 4.79 Å². The number of aliphatic carboxylic acids is 1. The molecule has 1 aromatic rings. The van der Waals surface area contributed by atoms with Crippen LogP contribution in [0.4, 0.5) is 18.9 Å². The molecule has 2 aliphatic rings. The summed E-state index contributed by atoms with van der Waals surface area (Å²) in [5, 5.41) is 19.3. The molecule has 0 amide bonds. The second-order valence-electron chi connectivity index (χ2n) is 4.49. The summed E-state index contributed by atoms with van der Waals surface area (Å²) in [4.78, 5) is 11.4. The number of alkyl halides is 3. The highest BCUT2D eigenvalue weighted by atomic mass is 19.4. The van der Waals surface area contributed by atoms with Crippen molar-refractivity contribution in [2.24, 2.45) is 10.2 Å². The first kappa shape index (κ1) is 13.4. The van der Waals surface area contributed by atoms with Gasteiger partial charge in [0.2, 0.25) is 0 Å². The Morgan fingerprint density at radius 1 is 1.38 bits per heavy atom. The molecular weight excluding hydrogens is 291 g/mol. The van der Waals surface area contributed by atoms with Crippen molar-refractivity contribution in [3.8, 4) is 0 Å². The van der Waals surface area contributed by atoms with Gasteiger partial charge in [-0.2, -0.15) is 5.11 Å². The van der Waals surface area contributed by atoms with Gasteiger partial charge in [0.05, 0.1) is 6.54 Å². The first-order valence-electron chi connectivity index (χ1n) is 5.83. The fourth-order valence-corrected chi connectivity index (χ4v) is 2.49. The summed E-state index contributed by atoms with van der Waals surface area (Å²) in [6, 6.07) is 6.63. The summed E-state index contributed by atoms with van der Waals surface area (Å²) in [7, 11) is 0. The summed E-state index contributed by atoms with van der Waals surface area (Å²) < 4.78 is 40.7. The first-order chi connectivity index (χ1) is 9.83. The molecule has 0 aromatic heterocycles. The van der Waals surface area contributed by atoms with Crippen LogP contribution in [-0.2, 0) is 15.1 Å². The van der Waals surface area contributed by atoms with Crippen LogP contribution < -0.4 is 5.32 Å². The standard InChI is InChI=1S/C12H8F3N3O3/c13-12(14,15)21-9-8(10(19)20)11(18-17-9)5-16-7-4-2-1-3-6(7)11/h1-4,16H,5H2,(H,19,20). The van der Waals surface area contributed by atoms with Crippen LogP contribution in [0.25, 0.3) is 0 Å². The second kappa shape index (κ2) is 4.21. The van der Waals surface area contributed by atoms with E-state index in [1.807, 2.05) is 0 Å². The molecule has 1 spiro atoms. The Labute approximate surface area is 115 Å². The van der Waals surface area contributed by atoms with E-state index in [4.69, 9.17) is 0 Å². The van der Waals surface area contributed by atoms with Crippen LogP contribution >= 0.6 is 0 Å². The van der Waals surface area contributed by atoms with Crippen molar-refractivity contribution in [2.45, 2.75) is 11.9 Å². The smallest absolute Gasteiger partial charge is 0.478 e. The molecule has 0 fully saturated rings. The van der Waals surface area contributed by atoms with Crippen molar-refractivity contribution < 1.29 is 27.8 Å². The zero-order valence-electron chi connectivity index (χ0n) is 10.3. The predicted molar refractivity (Wildman–Crippen MR) is 63.3 cm³/mol. The number of nitrogens with zero attached hydrogens (tertiary/aromatic N) is 2. The normalized spacial score (nSPS) is 23.4. The van der Waals surface area contributed by atoms with Crippen LogP contribution in [0.2, 0.25) is 0 Å². The highest BCUT2D eigenvalue weighted by Crippen LogP contribution is 2.48. The minimum atomic E-state index is -5.04. The van der Waals surface area contributed by atoms with Crippen molar-refractivity contribution in [3.63, 3.8) is 0 Å². The van der Waals surface area contributed by atoms with E-state index < -0.39 is 29.3 Å². The third-order valence-electron chi connectivity index (χ3n) is 3.27. The number of hydrogen-bond donors (Lipinski definition) is 2. The molecular formula is C12H8F3N3O3. The zero-order chi connectivity index (χ0) is 15.3. The molecule has 1 atom stereocenters. The molecule has 0 bridgehead atoms. The summed E-state index contributed by atoms with van der Waals surface area (Å²) in [6.45, 7) is 0.00218. The maximum absolute atomic E-state index is 12.3. The number of benzene rings is 1. The van der Waals surface area contributed by atoms with Gasteiger partial charge in [-0.15, -0.1) is 18.3 Å². The van der Waals surface area contributed by atoms with Gasteiger partial charge in [0.1, 0.15) is 5.57 Å². The maximum atomic E-state index is 12.3. The number of halogens is 3. The number of carboxylic acids is 1. The number of ether oxygens (including phenoxy) is 1. The Morgan fingerprint density at radius 3 is 2.76 bits per heavy atom. The van der Waals surface area contributed by atoms with Gasteiger partial charge in [0.25, 0.3) is 5.88 Å². The van der Waals surface area contributed by atoms with E-state index >= 15 is 0 Å². The zero-order valence-corrected chi connectivity index (χ0v) is 10.3. The Bertz CT molecular complexity index is 684. The van der Waals surface area contributed by atoms with E-state index in [1.54, 1.807) is 24.3 Å². The number of nitrogens with one attached hydrogen (secondary N) is 1. The van der Waals surface area contributed by atoms with Gasteiger partial charge < -0.3 is 15.2 Å². The minimum Gasteiger partial charge on any atom is -0.478 e. The average Bonchev–Trinajstić information content (AvgIpc) is 2.92. The van der Waals surface area contributed by atoms with Gasteiger partial charge in [0, 0.05) is 11.3 Å². The molecule has 0 aliphatic carbocycles. The van der Waals surface area contributed by atoms with Gasteiger partial charge in [-0.3, -0.25) is 0 Å². The Kier molecular flexibility index (Phi) is 2.68. The van der Waals surface area contributed by atoms with Crippen LogP contribution in [0.3, 0.4) is 0 Å². The average molecular weight is 299 g/mol. The van der Waals surface area contributed by atoms with Gasteiger partial charge in [-0.1, -0.05) is 18.2 Å². The highest BCUT2D eigenvalue weighted by molar-refractivity contribution is 5.92. The van der Waals surface area contributed by atoms with Gasteiger partial charge in [-0.05, 0) is 6.07 Å². The van der Waals surface area contributed by atoms with Crippen LogP contribution in [0.5, 0.6) is 0 Å². The Hall–Kier alpha value is -2.58. The fraction of sp³-hybridized carbons (Fsp3) is 0.250. The molecule has 1 unspecified atom stereocenters. The van der Waals surface area contributed by atoms with Crippen LogP contribution in [0.15, 0.2) is 46.0 Å². The minimum absolute atomic E-state index is 0.00218. The highest BCUT2D eigenvalue weighted by Gasteiger charge is 2.53. The molecule has 9 heteroatoms. The summed E-state index contributed by atoms with van der Waals surface area (Å²) in [5.74, 6) is -2.59. The first-order valence-corrected chi connectivity index (χ1v) is 5.83. The molecule has 2 N–H and O–H groups in total. The number of hydrogen-bond acceptors (Lipinski definition) is 5. The summed E-state index contributed by atoms with van der Waals surface area (Å²) in [5.41, 5.74) is -1.07. The van der Waals surface area contributed by atoms with E-state index in [1.165, 1.54) is 0 Å². The molecule has 1 aromatic carbocycles. The van der Waals surface area contributed by atoms with E-state index in [0.29, 0.717) is 11.3 Å². The maximum Gasteiger partial charge on any atom is 0.574 e. The number of fused-ring (bicyclic) bond motifs is 2. The molecule has 2 heterocycles. The number of rotatable bonds is 2. The molecule has 0 saturated heterocycles. The SMILES string of the molecule is O=C(O)C1=C(OC(F)(F)F)N=NC12CNc1ccccc12. The number of azo groups is 1. The molecule has 21 heavy (non-hydrogen) atoms. The van der Waals surface area contributed by atoms with Crippen molar-refractivity contribution >= 4 is 11.7 Å². The number of anilines is 1. The van der Waals surface area contributed by atoms with Gasteiger partial charge >= 0.3 is 12.3 Å². The molecule has 6 nitrogen and oxygen atoms in total. The Balaban J connectivity index is 2.14. The fourth-order valence-electron chi connectivity index (χ4n) is 2.49. The molecule has 110 valence electrons. The lowest BCUT2D eigenvalue weighted by Crippen LogP contribution is -2.31.